The molecule has 1 fully saturated rings. The molecule has 0 saturated carbocycles. The average Bonchev–Trinajstić information content (AvgIpc) is 2.96. The largest absolute Gasteiger partial charge is 0.350 e. The van der Waals surface area contributed by atoms with Crippen molar-refractivity contribution in [2.24, 2.45) is 4.99 Å². The van der Waals surface area contributed by atoms with E-state index in [4.69, 9.17) is 21.6 Å². The summed E-state index contributed by atoms with van der Waals surface area (Å²) in [6.07, 6.45) is 1.37. The maximum Gasteiger partial charge on any atom is 0.246 e. The van der Waals surface area contributed by atoms with E-state index in [-0.39, 0.29) is 29.2 Å². The highest BCUT2D eigenvalue weighted by molar-refractivity contribution is 6.33. The molecule has 3 aromatic rings. The van der Waals surface area contributed by atoms with E-state index in [1.54, 1.807) is 18.2 Å². The number of benzene rings is 2. The first kappa shape index (κ1) is 31.7. The number of anilines is 2. The Labute approximate surface area is 265 Å². The van der Waals surface area contributed by atoms with Crippen LogP contribution < -0.4 is 4.90 Å². The Bertz CT molecular complexity index is 1610. The van der Waals surface area contributed by atoms with Crippen LogP contribution in [0.1, 0.15) is 51.3 Å². The van der Waals surface area contributed by atoms with Gasteiger partial charge in [0, 0.05) is 43.0 Å². The second kappa shape index (κ2) is 12.3. The third-order valence-corrected chi connectivity index (χ3v) is 8.61. The number of amidine groups is 1. The molecular weight excluding hydrogens is 575 g/mol. The van der Waals surface area contributed by atoms with E-state index in [0.29, 0.717) is 41.9 Å². The van der Waals surface area contributed by atoms with Crippen molar-refractivity contribution in [3.8, 4) is 11.3 Å². The van der Waals surface area contributed by atoms with E-state index in [1.165, 1.54) is 23.3 Å². The Morgan fingerprint density at radius 1 is 1.09 bits per heavy atom. The van der Waals surface area contributed by atoms with Gasteiger partial charge in [-0.3, -0.25) is 4.79 Å². The van der Waals surface area contributed by atoms with Crippen LogP contribution in [0.3, 0.4) is 0 Å². The standard InChI is InChI=1S/C35H42ClFN6O/c1-9-31(44)41-18-23(3)42(19-22(41)2)33-26-17-28(36)32(25-12-10-11-13-29(25)37)39-34(26)43(21-38-33)30-15-14-24(20-40(7)8)16-27(30)35(4,5)6/h9-17,22-23H,1,18-21H2,2-8H3. The summed E-state index contributed by atoms with van der Waals surface area (Å²) in [4.78, 5) is 31.1. The molecule has 0 radical (unpaired) electrons. The molecule has 2 atom stereocenters. The Hall–Kier alpha value is -3.75. The number of carbonyl (C=O) groups is 1. The minimum absolute atomic E-state index is 0.00581. The molecule has 0 N–H and O–H groups in total. The topological polar surface area (TPSA) is 55.3 Å². The number of nitrogens with zero attached hydrogens (tertiary/aromatic N) is 6. The lowest BCUT2D eigenvalue weighted by Gasteiger charge is -2.46. The van der Waals surface area contributed by atoms with Gasteiger partial charge in [-0.1, -0.05) is 63.2 Å². The summed E-state index contributed by atoms with van der Waals surface area (Å²) in [7, 11) is 4.13. The van der Waals surface area contributed by atoms with Crippen molar-refractivity contribution in [1.29, 1.82) is 0 Å². The summed E-state index contributed by atoms with van der Waals surface area (Å²) in [6.45, 7) is 16.7. The minimum atomic E-state index is -0.382. The van der Waals surface area contributed by atoms with E-state index in [2.05, 4.69) is 81.3 Å². The van der Waals surface area contributed by atoms with Gasteiger partial charge in [0.1, 0.15) is 24.1 Å². The molecular formula is C35H42ClFN6O. The van der Waals surface area contributed by atoms with Gasteiger partial charge in [0.05, 0.1) is 16.3 Å². The first-order valence-electron chi connectivity index (χ1n) is 15.1. The predicted molar refractivity (Wildman–Crippen MR) is 178 cm³/mol. The first-order valence-corrected chi connectivity index (χ1v) is 15.4. The smallest absolute Gasteiger partial charge is 0.246 e. The predicted octanol–water partition coefficient (Wildman–Crippen LogP) is 6.86. The lowest BCUT2D eigenvalue weighted by molar-refractivity contribution is -0.130. The highest BCUT2D eigenvalue weighted by Gasteiger charge is 2.37. The lowest BCUT2D eigenvalue weighted by Crippen LogP contribution is -2.59. The zero-order valence-electron chi connectivity index (χ0n) is 26.7. The van der Waals surface area contributed by atoms with Crippen molar-refractivity contribution in [2.75, 3.05) is 38.8 Å². The number of hydrogen-bond donors (Lipinski definition) is 0. The van der Waals surface area contributed by atoms with Crippen molar-refractivity contribution in [3.63, 3.8) is 0 Å². The maximum atomic E-state index is 15.1. The molecule has 2 aliphatic heterocycles. The van der Waals surface area contributed by atoms with Crippen molar-refractivity contribution in [2.45, 2.75) is 58.7 Å². The zero-order chi connectivity index (χ0) is 31.9. The molecule has 1 saturated heterocycles. The molecule has 1 amide bonds. The number of hydrogen-bond acceptors (Lipinski definition) is 6. The van der Waals surface area contributed by atoms with Crippen LogP contribution in [0.5, 0.6) is 0 Å². The molecule has 3 heterocycles. The Balaban J connectivity index is 1.67. The summed E-state index contributed by atoms with van der Waals surface area (Å²) < 4.78 is 15.1. The molecule has 2 unspecified atom stereocenters. The molecule has 0 spiro atoms. The molecule has 0 aliphatic carbocycles. The number of aromatic nitrogens is 1. The molecule has 44 heavy (non-hydrogen) atoms. The van der Waals surface area contributed by atoms with Gasteiger partial charge in [-0.05, 0) is 74.8 Å². The van der Waals surface area contributed by atoms with E-state index in [1.807, 2.05) is 17.9 Å². The molecule has 9 heteroatoms. The Kier molecular flexibility index (Phi) is 8.87. The van der Waals surface area contributed by atoms with Gasteiger partial charge in [-0.25, -0.2) is 14.4 Å². The SMILES string of the molecule is C=CC(=O)N1CC(C)N(C2=NCN(c3ccc(CN(C)C)cc3C(C)(C)C)c3nc(-c4ccccc4F)c(Cl)cc32)CC1C. The quantitative estimate of drug-likeness (QED) is 0.293. The average molecular weight is 617 g/mol. The number of rotatable bonds is 5. The number of carbonyl (C=O) groups excluding carboxylic acids is 1. The molecule has 0 bridgehead atoms. The molecule has 232 valence electrons. The van der Waals surface area contributed by atoms with E-state index >= 15 is 4.39 Å². The zero-order valence-corrected chi connectivity index (χ0v) is 27.5. The summed E-state index contributed by atoms with van der Waals surface area (Å²) >= 11 is 6.90. The maximum absolute atomic E-state index is 15.1. The van der Waals surface area contributed by atoms with Gasteiger partial charge in [-0.15, -0.1) is 0 Å². The summed E-state index contributed by atoms with van der Waals surface area (Å²) in [6, 6.07) is 15.0. The fraction of sp³-hybridized carbons (Fsp3) is 0.400. The van der Waals surface area contributed by atoms with Crippen molar-refractivity contribution in [1.82, 2.24) is 19.7 Å². The van der Waals surface area contributed by atoms with Crippen LogP contribution in [0.25, 0.3) is 11.3 Å². The Morgan fingerprint density at radius 3 is 2.48 bits per heavy atom. The van der Waals surface area contributed by atoms with Crippen LogP contribution in [0.15, 0.2) is 66.2 Å². The second-order valence-corrected chi connectivity index (χ2v) is 13.5. The number of fused-ring (bicyclic) bond motifs is 1. The summed E-state index contributed by atoms with van der Waals surface area (Å²) in [5.74, 6) is 0.991. The monoisotopic (exact) mass is 616 g/mol. The van der Waals surface area contributed by atoms with Crippen LogP contribution in [-0.4, -0.2) is 77.4 Å². The van der Waals surface area contributed by atoms with Gasteiger partial charge >= 0.3 is 0 Å². The fourth-order valence-electron chi connectivity index (χ4n) is 6.15. The van der Waals surface area contributed by atoms with Crippen LogP contribution in [0, 0.1) is 5.82 Å². The van der Waals surface area contributed by atoms with E-state index in [9.17, 15) is 4.79 Å². The molecule has 1 aromatic heterocycles. The number of halogens is 2. The van der Waals surface area contributed by atoms with E-state index < -0.39 is 0 Å². The third kappa shape index (κ3) is 6.10. The van der Waals surface area contributed by atoms with Gasteiger partial charge in [-0.2, -0.15) is 0 Å². The number of aliphatic imine (C=N–C) groups is 1. The Morgan fingerprint density at radius 2 is 1.82 bits per heavy atom. The first-order chi connectivity index (χ1) is 20.8. The van der Waals surface area contributed by atoms with Gasteiger partial charge in [0.2, 0.25) is 5.91 Å². The number of pyridine rings is 1. The third-order valence-electron chi connectivity index (χ3n) is 8.32. The summed E-state index contributed by atoms with van der Waals surface area (Å²) in [5.41, 5.74) is 4.74. The fourth-order valence-corrected chi connectivity index (χ4v) is 6.40. The van der Waals surface area contributed by atoms with Crippen molar-refractivity contribution in [3.05, 3.63) is 88.7 Å². The molecule has 2 aromatic carbocycles. The van der Waals surface area contributed by atoms with Gasteiger partial charge in [0.15, 0.2) is 0 Å². The number of amides is 1. The minimum Gasteiger partial charge on any atom is -0.350 e. The second-order valence-electron chi connectivity index (χ2n) is 13.1. The highest BCUT2D eigenvalue weighted by atomic mass is 35.5. The van der Waals surface area contributed by atoms with Gasteiger partial charge in [0.25, 0.3) is 0 Å². The molecule has 5 rings (SSSR count). The van der Waals surface area contributed by atoms with Crippen molar-refractivity contribution >= 4 is 34.8 Å². The van der Waals surface area contributed by atoms with Crippen molar-refractivity contribution < 1.29 is 9.18 Å². The van der Waals surface area contributed by atoms with Crippen LogP contribution >= 0.6 is 11.6 Å². The lowest BCUT2D eigenvalue weighted by atomic mass is 9.84. The highest BCUT2D eigenvalue weighted by Crippen LogP contribution is 2.42. The molecule has 7 nitrogen and oxygen atoms in total. The summed E-state index contributed by atoms with van der Waals surface area (Å²) in [5, 5.41) is 0.349. The van der Waals surface area contributed by atoms with Crippen LogP contribution in [-0.2, 0) is 16.8 Å². The number of piperazine rings is 1. The van der Waals surface area contributed by atoms with Crippen LogP contribution in [0.4, 0.5) is 15.9 Å². The van der Waals surface area contributed by atoms with Gasteiger partial charge < -0.3 is 19.6 Å². The van der Waals surface area contributed by atoms with E-state index in [0.717, 1.165) is 23.6 Å². The van der Waals surface area contributed by atoms with Crippen LogP contribution in [0.2, 0.25) is 5.02 Å². The molecule has 2 aliphatic rings. The normalized spacial score (nSPS) is 18.8.